The molecule has 0 bridgehead atoms. The van der Waals surface area contributed by atoms with Crippen molar-refractivity contribution in [2.24, 2.45) is 5.92 Å². The highest BCUT2D eigenvalue weighted by atomic mass is 16.2. The topological polar surface area (TPSA) is 64.7 Å². The Morgan fingerprint density at radius 3 is 2.91 bits per heavy atom. The minimum atomic E-state index is -0.0940. The van der Waals surface area contributed by atoms with Crippen molar-refractivity contribution in [2.75, 3.05) is 6.54 Å². The van der Waals surface area contributed by atoms with Crippen LogP contribution >= 0.6 is 0 Å². The fourth-order valence-electron chi connectivity index (χ4n) is 3.81. The molecule has 2 fully saturated rings. The van der Waals surface area contributed by atoms with Crippen LogP contribution in [-0.4, -0.2) is 46.4 Å². The summed E-state index contributed by atoms with van der Waals surface area (Å²) >= 11 is 0. The quantitative estimate of drug-likeness (QED) is 0.812. The molecule has 0 aromatic heterocycles. The second kappa shape index (κ2) is 6.28. The number of carbonyl (C=O) groups excluding carboxylic acids is 2. The first-order valence-electron chi connectivity index (χ1n) is 8.39. The average Bonchev–Trinajstić information content (AvgIpc) is 2.85. The molecule has 1 saturated carbocycles. The third-order valence-electron chi connectivity index (χ3n) is 4.81. The molecule has 3 rings (SSSR count). The number of fused-ring (bicyclic) bond motifs is 3. The molecule has 0 spiro atoms. The Morgan fingerprint density at radius 1 is 1.36 bits per heavy atom. The smallest absolute Gasteiger partial charge is 0.251 e. The number of rotatable bonds is 4. The highest BCUT2D eigenvalue weighted by Crippen LogP contribution is 2.36. The van der Waals surface area contributed by atoms with Crippen molar-refractivity contribution >= 4 is 11.8 Å². The first-order valence-corrected chi connectivity index (χ1v) is 8.39. The summed E-state index contributed by atoms with van der Waals surface area (Å²) in [6.45, 7) is 4.33. The van der Waals surface area contributed by atoms with Crippen molar-refractivity contribution in [3.8, 4) is 0 Å². The lowest BCUT2D eigenvalue weighted by atomic mass is 9.81. The minimum Gasteiger partial charge on any atom is -0.354 e. The van der Waals surface area contributed by atoms with Crippen LogP contribution in [0.5, 0.6) is 0 Å². The molecule has 6 heteroatoms. The van der Waals surface area contributed by atoms with Crippen LogP contribution in [0.25, 0.3) is 0 Å². The van der Waals surface area contributed by atoms with Crippen molar-refractivity contribution in [3.05, 3.63) is 12.4 Å². The van der Waals surface area contributed by atoms with Crippen LogP contribution in [0.2, 0.25) is 0 Å². The van der Waals surface area contributed by atoms with Gasteiger partial charge in [-0.1, -0.05) is 12.8 Å². The molecule has 3 unspecified atom stereocenters. The number of nitrogens with zero attached hydrogens (tertiary/aromatic N) is 2. The van der Waals surface area contributed by atoms with E-state index in [9.17, 15) is 9.59 Å². The standard InChI is InChI=1S/C16H26N4O2/c1-11(2)17-14(21)7-8-19-9-10-20-15(16(19)22)12-5-3-4-6-13(12)18-20/h9-13,15,18H,3-8H2,1-2H3,(H,17,21). The Labute approximate surface area is 131 Å². The van der Waals surface area contributed by atoms with Crippen molar-refractivity contribution in [1.82, 2.24) is 20.7 Å². The SMILES string of the molecule is CC(C)NC(=O)CCN1C=CN2NC3CCCCC3C2C1=O. The van der Waals surface area contributed by atoms with Crippen LogP contribution < -0.4 is 10.7 Å². The molecule has 1 saturated heterocycles. The van der Waals surface area contributed by atoms with Gasteiger partial charge in [-0.3, -0.25) is 9.59 Å². The highest BCUT2D eigenvalue weighted by molar-refractivity contribution is 5.85. The summed E-state index contributed by atoms with van der Waals surface area (Å²) in [5.41, 5.74) is 3.46. The van der Waals surface area contributed by atoms with Crippen LogP contribution in [0.15, 0.2) is 12.4 Å². The van der Waals surface area contributed by atoms with Gasteiger partial charge in [-0.15, -0.1) is 0 Å². The molecule has 2 N–H and O–H groups in total. The molecular weight excluding hydrogens is 280 g/mol. The third kappa shape index (κ3) is 2.97. The van der Waals surface area contributed by atoms with Crippen LogP contribution in [0.1, 0.15) is 46.0 Å². The van der Waals surface area contributed by atoms with Gasteiger partial charge >= 0.3 is 0 Å². The first-order chi connectivity index (χ1) is 10.6. The van der Waals surface area contributed by atoms with Gasteiger partial charge in [-0.25, -0.2) is 5.43 Å². The van der Waals surface area contributed by atoms with Gasteiger partial charge in [-0.2, -0.15) is 0 Å². The van der Waals surface area contributed by atoms with E-state index in [0.717, 1.165) is 12.8 Å². The molecule has 1 aliphatic carbocycles. The van der Waals surface area contributed by atoms with E-state index in [1.54, 1.807) is 11.1 Å². The van der Waals surface area contributed by atoms with Crippen LogP contribution in [0.4, 0.5) is 0 Å². The number of nitrogens with one attached hydrogen (secondary N) is 2. The lowest BCUT2D eigenvalue weighted by molar-refractivity contribution is -0.136. The molecule has 6 nitrogen and oxygen atoms in total. The van der Waals surface area contributed by atoms with Crippen LogP contribution in [-0.2, 0) is 9.59 Å². The van der Waals surface area contributed by atoms with E-state index in [1.807, 2.05) is 25.1 Å². The number of carbonyl (C=O) groups is 2. The van der Waals surface area contributed by atoms with Gasteiger partial charge in [0.2, 0.25) is 5.91 Å². The molecular formula is C16H26N4O2. The van der Waals surface area contributed by atoms with E-state index >= 15 is 0 Å². The fourth-order valence-corrected chi connectivity index (χ4v) is 3.81. The third-order valence-corrected chi connectivity index (χ3v) is 4.81. The second-order valence-electron chi connectivity index (χ2n) is 6.84. The largest absolute Gasteiger partial charge is 0.354 e. The van der Waals surface area contributed by atoms with Gasteiger partial charge in [0.25, 0.3) is 5.91 Å². The number of hydrogen-bond acceptors (Lipinski definition) is 4. The molecule has 3 aliphatic rings. The van der Waals surface area contributed by atoms with Gasteiger partial charge in [0, 0.05) is 43.4 Å². The van der Waals surface area contributed by atoms with Crippen LogP contribution in [0, 0.1) is 5.92 Å². The molecule has 3 atom stereocenters. The highest BCUT2D eigenvalue weighted by Gasteiger charge is 2.47. The van der Waals surface area contributed by atoms with E-state index in [0.29, 0.717) is 24.9 Å². The van der Waals surface area contributed by atoms with Crippen molar-refractivity contribution in [1.29, 1.82) is 0 Å². The molecule has 0 aromatic carbocycles. The molecule has 0 radical (unpaired) electrons. The first kappa shape index (κ1) is 15.3. The van der Waals surface area contributed by atoms with Gasteiger partial charge in [0.1, 0.15) is 6.04 Å². The van der Waals surface area contributed by atoms with Gasteiger partial charge in [0.05, 0.1) is 0 Å². The monoisotopic (exact) mass is 306 g/mol. The zero-order valence-electron chi connectivity index (χ0n) is 13.4. The second-order valence-corrected chi connectivity index (χ2v) is 6.84. The predicted molar refractivity (Wildman–Crippen MR) is 83.3 cm³/mol. The maximum absolute atomic E-state index is 12.8. The lowest BCUT2D eigenvalue weighted by Crippen LogP contribution is -2.50. The number of hydrogen-bond donors (Lipinski definition) is 2. The number of amides is 2. The Kier molecular flexibility index (Phi) is 4.38. The summed E-state index contributed by atoms with van der Waals surface area (Å²) in [6, 6.07) is 0.470. The average molecular weight is 306 g/mol. The van der Waals surface area contributed by atoms with E-state index in [4.69, 9.17) is 0 Å². The molecule has 22 heavy (non-hydrogen) atoms. The summed E-state index contributed by atoms with van der Waals surface area (Å²) in [5.74, 6) is 0.527. The Bertz CT molecular complexity index is 477. The number of hydrazine groups is 1. The zero-order chi connectivity index (χ0) is 15.7. The van der Waals surface area contributed by atoms with Crippen LogP contribution in [0.3, 0.4) is 0 Å². The predicted octanol–water partition coefficient (Wildman–Crippen LogP) is 0.962. The van der Waals surface area contributed by atoms with Crippen molar-refractivity contribution < 1.29 is 9.59 Å². The van der Waals surface area contributed by atoms with Gasteiger partial charge < -0.3 is 15.2 Å². The summed E-state index contributed by atoms with van der Waals surface area (Å²) < 4.78 is 0. The fraction of sp³-hybridized carbons (Fsp3) is 0.750. The molecule has 2 aliphatic heterocycles. The van der Waals surface area contributed by atoms with Crippen molar-refractivity contribution in [2.45, 2.75) is 64.1 Å². The molecule has 2 heterocycles. The van der Waals surface area contributed by atoms with E-state index in [1.165, 1.54) is 12.8 Å². The van der Waals surface area contributed by atoms with E-state index in [-0.39, 0.29) is 23.9 Å². The Hall–Kier alpha value is -1.56. The Balaban J connectivity index is 1.61. The zero-order valence-corrected chi connectivity index (χ0v) is 13.4. The molecule has 122 valence electrons. The summed E-state index contributed by atoms with van der Waals surface area (Å²) in [4.78, 5) is 26.2. The van der Waals surface area contributed by atoms with E-state index in [2.05, 4.69) is 10.7 Å². The summed E-state index contributed by atoms with van der Waals surface area (Å²) in [6.07, 6.45) is 8.81. The molecule has 2 amide bonds. The maximum Gasteiger partial charge on any atom is 0.251 e. The molecule has 0 aromatic rings. The van der Waals surface area contributed by atoms with Gasteiger partial charge in [-0.05, 0) is 26.7 Å². The summed E-state index contributed by atoms with van der Waals surface area (Å²) in [5, 5.41) is 4.84. The van der Waals surface area contributed by atoms with Crippen molar-refractivity contribution in [3.63, 3.8) is 0 Å². The maximum atomic E-state index is 12.8. The Morgan fingerprint density at radius 2 is 2.14 bits per heavy atom. The normalized spacial score (nSPS) is 30.5. The minimum absolute atomic E-state index is 0.00119. The van der Waals surface area contributed by atoms with Gasteiger partial charge in [0.15, 0.2) is 0 Å². The lowest BCUT2D eigenvalue weighted by Gasteiger charge is -2.34. The summed E-state index contributed by atoms with van der Waals surface area (Å²) in [7, 11) is 0. The van der Waals surface area contributed by atoms with E-state index < -0.39 is 0 Å².